The van der Waals surface area contributed by atoms with Gasteiger partial charge in [-0.05, 0) is 43.4 Å². The maximum atomic E-state index is 13.2. The van der Waals surface area contributed by atoms with Crippen LogP contribution in [0.1, 0.15) is 31.2 Å². The molecule has 0 aromatic heterocycles. The summed E-state index contributed by atoms with van der Waals surface area (Å²) in [5.41, 5.74) is 0.657. The Kier molecular flexibility index (Phi) is 5.10. The number of carboxylic acids is 1. The van der Waals surface area contributed by atoms with Gasteiger partial charge < -0.3 is 10.4 Å². The summed E-state index contributed by atoms with van der Waals surface area (Å²) < 4.78 is 26.7. The Labute approximate surface area is 124 Å². The van der Waals surface area contributed by atoms with Crippen LogP contribution in [0.5, 0.6) is 0 Å². The van der Waals surface area contributed by atoms with Crippen molar-refractivity contribution in [1.29, 1.82) is 0 Å². The van der Waals surface area contributed by atoms with Crippen molar-refractivity contribution >= 4 is 21.9 Å². The van der Waals surface area contributed by atoms with Gasteiger partial charge in [0.05, 0.1) is 5.92 Å². The van der Waals surface area contributed by atoms with Gasteiger partial charge in [0, 0.05) is 17.1 Å². The molecule has 1 aromatic rings. The first-order valence-electron chi connectivity index (χ1n) is 6.57. The average molecular weight is 348 g/mol. The number of rotatable bonds is 4. The molecule has 0 aliphatic heterocycles. The second kappa shape index (κ2) is 6.63. The summed E-state index contributed by atoms with van der Waals surface area (Å²) in [6, 6.07) is 2.52. The minimum absolute atomic E-state index is 0.227. The van der Waals surface area contributed by atoms with Crippen molar-refractivity contribution in [2.45, 2.75) is 38.3 Å². The normalized spacial score (nSPS) is 22.8. The van der Waals surface area contributed by atoms with Gasteiger partial charge in [0.25, 0.3) is 0 Å². The van der Waals surface area contributed by atoms with Crippen LogP contribution in [-0.2, 0) is 11.3 Å². The molecule has 1 fully saturated rings. The van der Waals surface area contributed by atoms with Gasteiger partial charge in [0.1, 0.15) is 0 Å². The van der Waals surface area contributed by atoms with Crippen molar-refractivity contribution in [1.82, 2.24) is 5.32 Å². The van der Waals surface area contributed by atoms with Gasteiger partial charge in [-0.3, -0.25) is 4.79 Å². The molecule has 0 saturated heterocycles. The molecule has 0 heterocycles. The maximum Gasteiger partial charge on any atom is 0.306 e. The standard InChI is InChI=1S/C14H16BrF2NO2/c15-11-6-13(17)12(16)5-9(11)7-18-10-3-1-8(2-4-10)14(19)20/h5-6,8,10,18H,1-4,7H2,(H,19,20). The topological polar surface area (TPSA) is 49.3 Å². The van der Waals surface area contributed by atoms with Crippen LogP contribution in [-0.4, -0.2) is 17.1 Å². The Bertz CT molecular complexity index is 502. The molecule has 20 heavy (non-hydrogen) atoms. The second-order valence-corrected chi connectivity index (χ2v) is 5.98. The molecule has 2 rings (SSSR count). The van der Waals surface area contributed by atoms with E-state index in [1.165, 1.54) is 6.07 Å². The SMILES string of the molecule is O=C(O)C1CCC(NCc2cc(F)c(F)cc2Br)CC1. The largest absolute Gasteiger partial charge is 0.481 e. The van der Waals surface area contributed by atoms with Gasteiger partial charge in [-0.15, -0.1) is 0 Å². The van der Waals surface area contributed by atoms with Crippen LogP contribution in [0.25, 0.3) is 0 Å². The lowest BCUT2D eigenvalue weighted by Gasteiger charge is -2.27. The van der Waals surface area contributed by atoms with Crippen molar-refractivity contribution in [3.05, 3.63) is 33.8 Å². The van der Waals surface area contributed by atoms with Crippen molar-refractivity contribution in [2.75, 3.05) is 0 Å². The first-order chi connectivity index (χ1) is 9.47. The molecular formula is C14H16BrF2NO2. The minimum atomic E-state index is -0.873. The summed E-state index contributed by atoms with van der Waals surface area (Å²) in [7, 11) is 0. The van der Waals surface area contributed by atoms with Crippen molar-refractivity contribution in [3.8, 4) is 0 Å². The smallest absolute Gasteiger partial charge is 0.306 e. The van der Waals surface area contributed by atoms with E-state index >= 15 is 0 Å². The van der Waals surface area contributed by atoms with Gasteiger partial charge in [-0.2, -0.15) is 0 Å². The van der Waals surface area contributed by atoms with Crippen LogP contribution in [0, 0.1) is 17.6 Å². The summed E-state index contributed by atoms with van der Waals surface area (Å²) in [6.45, 7) is 0.431. The zero-order valence-corrected chi connectivity index (χ0v) is 12.4. The number of aliphatic carboxylic acids is 1. The van der Waals surface area contributed by atoms with E-state index in [2.05, 4.69) is 21.2 Å². The molecule has 1 aliphatic rings. The predicted octanol–water partition coefficient (Wildman–Crippen LogP) is 3.46. The molecule has 6 heteroatoms. The lowest BCUT2D eigenvalue weighted by Crippen LogP contribution is -2.34. The van der Waals surface area contributed by atoms with Crippen LogP contribution in [0.3, 0.4) is 0 Å². The molecule has 0 radical (unpaired) electrons. The van der Waals surface area contributed by atoms with E-state index in [0.29, 0.717) is 29.4 Å². The average Bonchev–Trinajstić information content (AvgIpc) is 2.42. The predicted molar refractivity (Wildman–Crippen MR) is 74.3 cm³/mol. The molecule has 1 saturated carbocycles. The summed E-state index contributed by atoms with van der Waals surface area (Å²) in [5.74, 6) is -2.71. The van der Waals surface area contributed by atoms with Crippen LogP contribution in [0.15, 0.2) is 16.6 Å². The minimum Gasteiger partial charge on any atom is -0.481 e. The Morgan fingerprint density at radius 3 is 2.45 bits per heavy atom. The maximum absolute atomic E-state index is 13.2. The van der Waals surface area contributed by atoms with E-state index in [-0.39, 0.29) is 12.0 Å². The molecule has 1 aromatic carbocycles. The third-order valence-electron chi connectivity index (χ3n) is 3.75. The number of carboxylic acid groups (broad SMARTS) is 1. The third-order valence-corrected chi connectivity index (χ3v) is 4.49. The molecule has 0 bridgehead atoms. The second-order valence-electron chi connectivity index (χ2n) is 5.13. The van der Waals surface area contributed by atoms with Gasteiger partial charge in [0.2, 0.25) is 0 Å². The number of nitrogens with one attached hydrogen (secondary N) is 1. The first kappa shape index (κ1) is 15.4. The Morgan fingerprint density at radius 2 is 1.85 bits per heavy atom. The van der Waals surface area contributed by atoms with Crippen LogP contribution in [0.2, 0.25) is 0 Å². The third kappa shape index (κ3) is 3.76. The first-order valence-corrected chi connectivity index (χ1v) is 7.36. The quantitative estimate of drug-likeness (QED) is 0.820. The van der Waals surface area contributed by atoms with Crippen LogP contribution >= 0.6 is 15.9 Å². The van der Waals surface area contributed by atoms with Gasteiger partial charge >= 0.3 is 5.97 Å². The summed E-state index contributed by atoms with van der Waals surface area (Å²) in [4.78, 5) is 10.9. The number of hydrogen-bond donors (Lipinski definition) is 2. The van der Waals surface area contributed by atoms with Crippen LogP contribution in [0.4, 0.5) is 8.78 Å². The van der Waals surface area contributed by atoms with Gasteiger partial charge in [-0.1, -0.05) is 15.9 Å². The van der Waals surface area contributed by atoms with E-state index < -0.39 is 17.6 Å². The van der Waals surface area contributed by atoms with E-state index in [4.69, 9.17) is 5.11 Å². The zero-order chi connectivity index (χ0) is 14.7. The highest BCUT2D eigenvalue weighted by molar-refractivity contribution is 9.10. The molecule has 0 unspecified atom stereocenters. The Morgan fingerprint density at radius 1 is 1.25 bits per heavy atom. The van der Waals surface area contributed by atoms with Crippen molar-refractivity contribution < 1.29 is 18.7 Å². The summed E-state index contributed by atoms with van der Waals surface area (Å²) in [6.07, 6.45) is 2.90. The molecule has 0 spiro atoms. The molecule has 2 N–H and O–H groups in total. The monoisotopic (exact) mass is 347 g/mol. The Balaban J connectivity index is 1.87. The van der Waals surface area contributed by atoms with Crippen molar-refractivity contribution in [3.63, 3.8) is 0 Å². The summed E-state index contributed by atoms with van der Waals surface area (Å²) in [5, 5.41) is 12.2. The highest BCUT2D eigenvalue weighted by Gasteiger charge is 2.25. The fourth-order valence-corrected chi connectivity index (χ4v) is 2.95. The highest BCUT2D eigenvalue weighted by Crippen LogP contribution is 2.25. The number of halogens is 3. The fourth-order valence-electron chi connectivity index (χ4n) is 2.50. The molecular weight excluding hydrogens is 332 g/mol. The lowest BCUT2D eigenvalue weighted by molar-refractivity contribution is -0.142. The van der Waals surface area contributed by atoms with E-state index in [0.717, 1.165) is 18.9 Å². The van der Waals surface area contributed by atoms with Gasteiger partial charge in [0.15, 0.2) is 11.6 Å². The lowest BCUT2D eigenvalue weighted by atomic mass is 9.86. The van der Waals surface area contributed by atoms with Crippen molar-refractivity contribution in [2.24, 2.45) is 5.92 Å². The molecule has 1 aliphatic carbocycles. The van der Waals surface area contributed by atoms with E-state index in [1.807, 2.05) is 0 Å². The fraction of sp³-hybridized carbons (Fsp3) is 0.500. The molecule has 110 valence electrons. The molecule has 0 atom stereocenters. The highest BCUT2D eigenvalue weighted by atomic mass is 79.9. The van der Waals surface area contributed by atoms with Crippen LogP contribution < -0.4 is 5.32 Å². The number of hydrogen-bond acceptors (Lipinski definition) is 2. The van der Waals surface area contributed by atoms with Gasteiger partial charge in [-0.25, -0.2) is 8.78 Å². The van der Waals surface area contributed by atoms with E-state index in [9.17, 15) is 13.6 Å². The zero-order valence-electron chi connectivity index (χ0n) is 10.8. The Hall–Kier alpha value is -1.01. The molecule has 3 nitrogen and oxygen atoms in total. The molecule has 0 amide bonds. The van der Waals surface area contributed by atoms with E-state index in [1.54, 1.807) is 0 Å². The number of benzene rings is 1. The summed E-state index contributed by atoms with van der Waals surface area (Å²) >= 11 is 3.21. The number of carbonyl (C=O) groups is 1.